The quantitative estimate of drug-likeness (QED) is 0.777. The van der Waals surface area contributed by atoms with Crippen molar-refractivity contribution in [2.75, 3.05) is 7.11 Å². The SMILES string of the molecule is COc1cc2ccc(=O)[nH]c2cc1-c1ccccc1Cl. The molecule has 0 amide bonds. The fraction of sp³-hybridized carbons (Fsp3) is 0.0625. The first-order chi connectivity index (χ1) is 9.69. The highest BCUT2D eigenvalue weighted by Crippen LogP contribution is 2.36. The molecule has 0 spiro atoms. The molecule has 0 saturated heterocycles. The summed E-state index contributed by atoms with van der Waals surface area (Å²) >= 11 is 6.24. The number of fused-ring (bicyclic) bond motifs is 1. The number of benzene rings is 2. The number of aromatic amines is 1. The van der Waals surface area contributed by atoms with Gasteiger partial charge >= 0.3 is 0 Å². The third kappa shape index (κ3) is 2.17. The highest BCUT2D eigenvalue weighted by molar-refractivity contribution is 6.33. The maximum Gasteiger partial charge on any atom is 0.248 e. The minimum absolute atomic E-state index is 0.132. The summed E-state index contributed by atoms with van der Waals surface area (Å²) < 4.78 is 5.44. The summed E-state index contributed by atoms with van der Waals surface area (Å²) in [5, 5.41) is 1.56. The van der Waals surface area contributed by atoms with Crippen molar-refractivity contribution >= 4 is 22.5 Å². The van der Waals surface area contributed by atoms with Gasteiger partial charge in [-0.05, 0) is 24.3 Å². The van der Waals surface area contributed by atoms with Crippen molar-refractivity contribution < 1.29 is 4.74 Å². The molecule has 0 atom stereocenters. The molecule has 3 nitrogen and oxygen atoms in total. The van der Waals surface area contributed by atoms with Crippen LogP contribution in [-0.4, -0.2) is 12.1 Å². The van der Waals surface area contributed by atoms with Crippen LogP contribution in [0.2, 0.25) is 5.02 Å². The molecule has 3 rings (SSSR count). The second-order valence-electron chi connectivity index (χ2n) is 4.44. The molecule has 20 heavy (non-hydrogen) atoms. The Kier molecular flexibility index (Phi) is 3.20. The number of rotatable bonds is 2. The van der Waals surface area contributed by atoms with Crippen LogP contribution in [0.1, 0.15) is 0 Å². The van der Waals surface area contributed by atoms with Crippen LogP contribution in [0, 0.1) is 0 Å². The lowest BCUT2D eigenvalue weighted by molar-refractivity contribution is 0.417. The molecular formula is C16H12ClNO2. The first-order valence-electron chi connectivity index (χ1n) is 6.15. The summed E-state index contributed by atoms with van der Waals surface area (Å²) in [6.07, 6.45) is 0. The van der Waals surface area contributed by atoms with Gasteiger partial charge in [-0.1, -0.05) is 29.8 Å². The maximum atomic E-state index is 11.4. The zero-order valence-electron chi connectivity index (χ0n) is 10.8. The van der Waals surface area contributed by atoms with Gasteiger partial charge in [-0.15, -0.1) is 0 Å². The van der Waals surface area contributed by atoms with Crippen molar-refractivity contribution in [3.63, 3.8) is 0 Å². The van der Waals surface area contributed by atoms with Gasteiger partial charge in [0.15, 0.2) is 0 Å². The van der Waals surface area contributed by atoms with Crippen molar-refractivity contribution in [3.05, 3.63) is 63.9 Å². The number of ether oxygens (including phenoxy) is 1. The number of aromatic nitrogens is 1. The Hall–Kier alpha value is -2.26. The van der Waals surface area contributed by atoms with Crippen LogP contribution in [0.25, 0.3) is 22.0 Å². The van der Waals surface area contributed by atoms with Crippen LogP contribution in [0.5, 0.6) is 5.75 Å². The molecule has 0 saturated carbocycles. The number of hydrogen-bond acceptors (Lipinski definition) is 2. The van der Waals surface area contributed by atoms with E-state index >= 15 is 0 Å². The van der Waals surface area contributed by atoms with E-state index in [-0.39, 0.29) is 5.56 Å². The van der Waals surface area contributed by atoms with E-state index in [0.717, 1.165) is 27.8 Å². The van der Waals surface area contributed by atoms with Crippen LogP contribution in [0.15, 0.2) is 53.3 Å². The summed E-state index contributed by atoms with van der Waals surface area (Å²) in [5.41, 5.74) is 2.35. The van der Waals surface area contributed by atoms with Gasteiger partial charge in [0.25, 0.3) is 0 Å². The predicted molar refractivity (Wildman–Crippen MR) is 81.6 cm³/mol. The lowest BCUT2D eigenvalue weighted by Crippen LogP contribution is -2.02. The molecule has 0 aliphatic heterocycles. The smallest absolute Gasteiger partial charge is 0.248 e. The van der Waals surface area contributed by atoms with Gasteiger partial charge in [0.05, 0.1) is 7.11 Å². The summed E-state index contributed by atoms with van der Waals surface area (Å²) in [6, 6.07) is 14.6. The van der Waals surface area contributed by atoms with Crippen molar-refractivity contribution in [2.24, 2.45) is 0 Å². The first-order valence-corrected chi connectivity index (χ1v) is 6.53. The second kappa shape index (κ2) is 5.02. The summed E-state index contributed by atoms with van der Waals surface area (Å²) in [7, 11) is 1.62. The van der Waals surface area contributed by atoms with E-state index in [9.17, 15) is 4.79 Å². The Labute approximate surface area is 120 Å². The van der Waals surface area contributed by atoms with Gasteiger partial charge in [0.1, 0.15) is 5.75 Å². The fourth-order valence-electron chi connectivity index (χ4n) is 2.24. The molecule has 1 N–H and O–H groups in total. The predicted octanol–water partition coefficient (Wildman–Crippen LogP) is 3.86. The monoisotopic (exact) mass is 285 g/mol. The topological polar surface area (TPSA) is 42.1 Å². The molecular weight excluding hydrogens is 274 g/mol. The largest absolute Gasteiger partial charge is 0.496 e. The van der Waals surface area contributed by atoms with Crippen LogP contribution in [-0.2, 0) is 0 Å². The number of halogens is 1. The van der Waals surface area contributed by atoms with Crippen molar-refractivity contribution in [3.8, 4) is 16.9 Å². The summed E-state index contributed by atoms with van der Waals surface area (Å²) in [5.74, 6) is 0.720. The molecule has 1 heterocycles. The lowest BCUT2D eigenvalue weighted by Gasteiger charge is -2.11. The summed E-state index contributed by atoms with van der Waals surface area (Å²) in [6.45, 7) is 0. The van der Waals surface area contributed by atoms with Crippen LogP contribution in [0.3, 0.4) is 0 Å². The zero-order chi connectivity index (χ0) is 14.1. The Bertz CT molecular complexity index is 839. The van der Waals surface area contributed by atoms with Gasteiger partial charge in [-0.25, -0.2) is 0 Å². The average molecular weight is 286 g/mol. The van der Waals surface area contributed by atoms with E-state index in [1.165, 1.54) is 6.07 Å². The second-order valence-corrected chi connectivity index (χ2v) is 4.85. The number of nitrogens with one attached hydrogen (secondary N) is 1. The first kappa shape index (κ1) is 12.8. The number of methoxy groups -OCH3 is 1. The van der Waals surface area contributed by atoms with E-state index in [1.54, 1.807) is 13.2 Å². The van der Waals surface area contributed by atoms with Crippen molar-refractivity contribution in [1.29, 1.82) is 0 Å². The Morgan fingerprint density at radius 1 is 1.05 bits per heavy atom. The molecule has 0 aliphatic carbocycles. The third-order valence-corrected chi connectivity index (χ3v) is 3.54. The number of hydrogen-bond donors (Lipinski definition) is 1. The third-order valence-electron chi connectivity index (χ3n) is 3.21. The molecule has 0 fully saturated rings. The fourth-order valence-corrected chi connectivity index (χ4v) is 2.48. The highest BCUT2D eigenvalue weighted by atomic mass is 35.5. The lowest BCUT2D eigenvalue weighted by atomic mass is 10.0. The Morgan fingerprint density at radius 2 is 1.85 bits per heavy atom. The van der Waals surface area contributed by atoms with E-state index < -0.39 is 0 Å². The minimum atomic E-state index is -0.132. The number of H-pyrrole nitrogens is 1. The minimum Gasteiger partial charge on any atom is -0.496 e. The van der Waals surface area contributed by atoms with Crippen LogP contribution in [0.4, 0.5) is 0 Å². The van der Waals surface area contributed by atoms with Gasteiger partial charge in [0.2, 0.25) is 5.56 Å². The van der Waals surface area contributed by atoms with Crippen LogP contribution < -0.4 is 10.3 Å². The average Bonchev–Trinajstić information content (AvgIpc) is 2.46. The molecule has 0 unspecified atom stereocenters. The number of pyridine rings is 1. The van der Waals surface area contributed by atoms with Gasteiger partial charge < -0.3 is 9.72 Å². The molecule has 2 aromatic carbocycles. The van der Waals surface area contributed by atoms with Gasteiger partial charge in [-0.3, -0.25) is 4.79 Å². The van der Waals surface area contributed by atoms with E-state index in [2.05, 4.69) is 4.98 Å². The van der Waals surface area contributed by atoms with Gasteiger partial charge in [0, 0.05) is 33.1 Å². The molecule has 1 aromatic heterocycles. The Morgan fingerprint density at radius 3 is 2.60 bits per heavy atom. The maximum absolute atomic E-state index is 11.4. The van der Waals surface area contributed by atoms with Crippen LogP contribution >= 0.6 is 11.6 Å². The molecule has 0 aliphatic rings. The Balaban J connectivity index is 2.34. The summed E-state index contributed by atoms with van der Waals surface area (Å²) in [4.78, 5) is 14.3. The molecule has 4 heteroatoms. The standard InChI is InChI=1S/C16H12ClNO2/c1-20-15-8-10-6-7-16(19)18-14(10)9-12(15)11-4-2-3-5-13(11)17/h2-9H,1H3,(H,18,19). The van der Waals surface area contributed by atoms with E-state index in [4.69, 9.17) is 16.3 Å². The van der Waals surface area contributed by atoms with Crippen molar-refractivity contribution in [1.82, 2.24) is 4.98 Å². The van der Waals surface area contributed by atoms with Gasteiger partial charge in [-0.2, -0.15) is 0 Å². The molecule has 100 valence electrons. The van der Waals surface area contributed by atoms with Crippen molar-refractivity contribution in [2.45, 2.75) is 0 Å². The molecule has 0 radical (unpaired) electrons. The zero-order valence-corrected chi connectivity index (χ0v) is 11.6. The molecule has 0 bridgehead atoms. The molecule has 3 aromatic rings. The van der Waals surface area contributed by atoms with E-state index in [0.29, 0.717) is 5.02 Å². The van der Waals surface area contributed by atoms with E-state index in [1.807, 2.05) is 36.4 Å². The highest BCUT2D eigenvalue weighted by Gasteiger charge is 2.11. The normalized spacial score (nSPS) is 10.7.